The number of aryl methyl sites for hydroxylation is 1. The molecule has 2 aromatic rings. The van der Waals surface area contributed by atoms with Gasteiger partial charge in [-0.1, -0.05) is 0 Å². The molecule has 0 saturated heterocycles. The second-order valence-electron chi connectivity index (χ2n) is 2.76. The fourth-order valence-electron chi connectivity index (χ4n) is 1.08. The molecule has 0 aliphatic heterocycles. The molecule has 15 heavy (non-hydrogen) atoms. The Morgan fingerprint density at radius 3 is 2.80 bits per heavy atom. The number of halogens is 2. The molecule has 8 heteroatoms. The summed E-state index contributed by atoms with van der Waals surface area (Å²) in [5.74, 6) is -1.58. The van der Waals surface area contributed by atoms with E-state index in [1.54, 1.807) is 6.92 Å². The molecule has 2 aromatic heterocycles. The first-order chi connectivity index (χ1) is 7.00. The Bertz CT molecular complexity index is 568. The van der Waals surface area contributed by atoms with Crippen molar-refractivity contribution < 1.29 is 9.90 Å². The molecular formula is C7H4BrClN4O2. The zero-order valence-corrected chi connectivity index (χ0v) is 9.74. The number of carboxylic acid groups (broad SMARTS) is 1. The van der Waals surface area contributed by atoms with Crippen molar-refractivity contribution in [2.75, 3.05) is 0 Å². The summed E-state index contributed by atoms with van der Waals surface area (Å²) in [5.41, 5.74) is 0.999. The van der Waals surface area contributed by atoms with E-state index in [4.69, 9.17) is 16.7 Å². The second-order valence-corrected chi connectivity index (χ2v) is 3.89. The van der Waals surface area contributed by atoms with E-state index in [1.807, 2.05) is 0 Å². The highest BCUT2D eigenvalue weighted by atomic mass is 79.9. The van der Waals surface area contributed by atoms with E-state index >= 15 is 0 Å². The van der Waals surface area contributed by atoms with Crippen LogP contribution in [0.5, 0.6) is 0 Å². The van der Waals surface area contributed by atoms with E-state index in [2.05, 4.69) is 31.0 Å². The molecular weight excluding hydrogens is 287 g/mol. The topological polar surface area (TPSA) is 80.4 Å². The van der Waals surface area contributed by atoms with Gasteiger partial charge in [-0.15, -0.1) is 0 Å². The van der Waals surface area contributed by atoms with Gasteiger partial charge in [0.05, 0.1) is 10.2 Å². The number of rotatable bonds is 1. The molecule has 0 saturated carbocycles. The predicted molar refractivity (Wildman–Crippen MR) is 55.2 cm³/mol. The Hall–Kier alpha value is -1.21. The molecule has 0 spiro atoms. The summed E-state index contributed by atoms with van der Waals surface area (Å²) in [6.07, 6.45) is 0. The van der Waals surface area contributed by atoms with Crippen LogP contribution in [0.25, 0.3) is 5.65 Å². The third-order valence-electron chi connectivity index (χ3n) is 1.74. The first-order valence-electron chi connectivity index (χ1n) is 3.82. The summed E-state index contributed by atoms with van der Waals surface area (Å²) in [5, 5.41) is 12.7. The Labute approximate surface area is 97.0 Å². The molecule has 6 nitrogen and oxygen atoms in total. The van der Waals surface area contributed by atoms with Crippen molar-refractivity contribution >= 4 is 39.1 Å². The smallest absolute Gasteiger partial charge is 0.374 e. The maximum Gasteiger partial charge on any atom is 0.374 e. The zero-order valence-electron chi connectivity index (χ0n) is 7.40. The maximum absolute atomic E-state index is 10.7. The van der Waals surface area contributed by atoms with Crippen LogP contribution in [0.3, 0.4) is 0 Å². The zero-order chi connectivity index (χ0) is 11.2. The third-order valence-corrected chi connectivity index (χ3v) is 2.91. The monoisotopic (exact) mass is 290 g/mol. The maximum atomic E-state index is 10.7. The Morgan fingerprint density at radius 1 is 1.53 bits per heavy atom. The van der Waals surface area contributed by atoms with Crippen LogP contribution in [-0.4, -0.2) is 30.7 Å². The number of hydrogen-bond acceptors (Lipinski definition) is 4. The van der Waals surface area contributed by atoms with Gasteiger partial charge in [-0.05, 0) is 34.5 Å². The highest BCUT2D eigenvalue weighted by Gasteiger charge is 2.16. The van der Waals surface area contributed by atoms with Crippen LogP contribution in [-0.2, 0) is 0 Å². The Kier molecular flexibility index (Phi) is 2.35. The molecule has 2 rings (SSSR count). The van der Waals surface area contributed by atoms with Gasteiger partial charge >= 0.3 is 5.97 Å². The molecule has 0 atom stereocenters. The van der Waals surface area contributed by atoms with Crippen molar-refractivity contribution in [3.8, 4) is 0 Å². The SMILES string of the molecule is Cc1nn2c(Cl)nc(C(=O)O)nc2c1Br. The number of carboxylic acids is 1. The summed E-state index contributed by atoms with van der Waals surface area (Å²) in [4.78, 5) is 18.1. The lowest BCUT2D eigenvalue weighted by Gasteiger charge is -1.97. The molecule has 1 N–H and O–H groups in total. The minimum Gasteiger partial charge on any atom is -0.475 e. The van der Waals surface area contributed by atoms with E-state index in [9.17, 15) is 4.79 Å². The van der Waals surface area contributed by atoms with Crippen LogP contribution in [0.2, 0.25) is 5.28 Å². The Balaban J connectivity index is 2.85. The van der Waals surface area contributed by atoms with E-state index in [1.165, 1.54) is 4.52 Å². The van der Waals surface area contributed by atoms with Gasteiger partial charge in [0.15, 0.2) is 5.65 Å². The molecule has 0 bridgehead atoms. The number of hydrogen-bond donors (Lipinski definition) is 1. The number of aromatic carboxylic acids is 1. The van der Waals surface area contributed by atoms with Crippen molar-refractivity contribution in [1.82, 2.24) is 19.6 Å². The summed E-state index contributed by atoms with van der Waals surface area (Å²) in [7, 11) is 0. The van der Waals surface area contributed by atoms with Gasteiger partial charge in [0, 0.05) is 0 Å². The van der Waals surface area contributed by atoms with Crippen LogP contribution in [0.4, 0.5) is 0 Å². The normalized spacial score (nSPS) is 10.9. The highest BCUT2D eigenvalue weighted by molar-refractivity contribution is 9.10. The van der Waals surface area contributed by atoms with Crippen LogP contribution in [0.1, 0.15) is 16.3 Å². The molecule has 78 valence electrons. The summed E-state index contributed by atoms with van der Waals surface area (Å²) < 4.78 is 1.88. The minimum absolute atomic E-state index is 0.0359. The average molecular weight is 291 g/mol. The molecule has 0 radical (unpaired) electrons. The van der Waals surface area contributed by atoms with Gasteiger partial charge in [0.25, 0.3) is 0 Å². The second kappa shape index (κ2) is 3.42. The van der Waals surface area contributed by atoms with Gasteiger partial charge in [-0.2, -0.15) is 14.6 Å². The van der Waals surface area contributed by atoms with Gasteiger partial charge in [0.1, 0.15) is 0 Å². The predicted octanol–water partition coefficient (Wildman–Crippen LogP) is 1.55. The molecule has 0 aliphatic rings. The van der Waals surface area contributed by atoms with Crippen molar-refractivity contribution in [2.24, 2.45) is 0 Å². The molecule has 0 unspecified atom stereocenters. The standard InChI is InChI=1S/C7H4BrClN4O2/c1-2-3(8)5-10-4(6(14)15)11-7(9)13(5)12-2/h1H3,(H,14,15). The lowest BCUT2D eigenvalue weighted by Crippen LogP contribution is -2.07. The number of nitrogens with zero attached hydrogens (tertiary/aromatic N) is 4. The fourth-order valence-corrected chi connectivity index (χ4v) is 1.61. The number of carbonyl (C=O) groups is 1. The van der Waals surface area contributed by atoms with Gasteiger partial charge in [-0.25, -0.2) is 9.78 Å². The van der Waals surface area contributed by atoms with Gasteiger partial charge < -0.3 is 5.11 Å². The molecule has 0 aliphatic carbocycles. The summed E-state index contributed by atoms with van der Waals surface area (Å²) in [6.45, 7) is 1.75. The van der Waals surface area contributed by atoms with E-state index in [0.717, 1.165) is 0 Å². The average Bonchev–Trinajstić information content (AvgIpc) is 2.45. The van der Waals surface area contributed by atoms with E-state index < -0.39 is 5.97 Å². The quantitative estimate of drug-likeness (QED) is 0.862. The van der Waals surface area contributed by atoms with Crippen molar-refractivity contribution in [3.05, 3.63) is 21.3 Å². The minimum atomic E-state index is -1.23. The molecule has 0 fully saturated rings. The van der Waals surface area contributed by atoms with Crippen LogP contribution in [0.15, 0.2) is 4.47 Å². The van der Waals surface area contributed by atoms with Gasteiger partial charge in [-0.3, -0.25) is 0 Å². The van der Waals surface area contributed by atoms with Crippen molar-refractivity contribution in [1.29, 1.82) is 0 Å². The Morgan fingerprint density at radius 2 is 2.20 bits per heavy atom. The van der Waals surface area contributed by atoms with E-state index in [-0.39, 0.29) is 11.1 Å². The third kappa shape index (κ3) is 1.57. The lowest BCUT2D eigenvalue weighted by molar-refractivity contribution is 0.0683. The summed E-state index contributed by atoms with van der Waals surface area (Å²) in [6, 6.07) is 0. The first-order valence-corrected chi connectivity index (χ1v) is 4.99. The highest BCUT2D eigenvalue weighted by Crippen LogP contribution is 2.22. The molecule has 2 heterocycles. The number of aromatic nitrogens is 4. The lowest BCUT2D eigenvalue weighted by atomic mass is 10.5. The van der Waals surface area contributed by atoms with Crippen molar-refractivity contribution in [3.63, 3.8) is 0 Å². The van der Waals surface area contributed by atoms with E-state index in [0.29, 0.717) is 15.8 Å². The van der Waals surface area contributed by atoms with Crippen molar-refractivity contribution in [2.45, 2.75) is 6.92 Å². The fraction of sp³-hybridized carbons (Fsp3) is 0.143. The van der Waals surface area contributed by atoms with Gasteiger partial charge in [0.2, 0.25) is 11.1 Å². The van der Waals surface area contributed by atoms with Crippen LogP contribution in [0, 0.1) is 6.92 Å². The molecule has 0 amide bonds. The van der Waals surface area contributed by atoms with Crippen LogP contribution < -0.4 is 0 Å². The first kappa shape index (κ1) is 10.3. The number of fused-ring (bicyclic) bond motifs is 1. The largest absolute Gasteiger partial charge is 0.475 e. The molecule has 0 aromatic carbocycles. The summed E-state index contributed by atoms with van der Waals surface area (Å²) >= 11 is 9.00. The van der Waals surface area contributed by atoms with Crippen LogP contribution >= 0.6 is 27.5 Å².